The van der Waals surface area contributed by atoms with Crippen molar-refractivity contribution in [2.75, 3.05) is 11.9 Å². The monoisotopic (exact) mass is 204 g/mol. The van der Waals surface area contributed by atoms with Gasteiger partial charge in [0.15, 0.2) is 11.5 Å². The van der Waals surface area contributed by atoms with Gasteiger partial charge in [0.1, 0.15) is 6.07 Å². The number of aromatic nitrogens is 2. The number of rotatable bonds is 3. The minimum Gasteiger partial charge on any atom is -0.388 e. The lowest BCUT2D eigenvalue weighted by Gasteiger charge is -2.36. The number of anilines is 1. The largest absolute Gasteiger partial charge is 0.388 e. The standard InChI is InChI=1S/C10H12N4O/c11-6-8-9(13-5-4-12-8)14-7-10(15)2-1-3-10/h4-5,15H,1-3,7H2,(H,13,14). The highest BCUT2D eigenvalue weighted by Gasteiger charge is 2.34. The van der Waals surface area contributed by atoms with E-state index in [1.54, 1.807) is 0 Å². The Balaban J connectivity index is 2.02. The first-order valence-electron chi connectivity index (χ1n) is 4.91. The summed E-state index contributed by atoms with van der Waals surface area (Å²) in [6.45, 7) is 0.431. The highest BCUT2D eigenvalue weighted by atomic mass is 16.3. The minimum absolute atomic E-state index is 0.264. The Labute approximate surface area is 87.8 Å². The average Bonchev–Trinajstić information content (AvgIpc) is 2.24. The summed E-state index contributed by atoms with van der Waals surface area (Å²) in [5.41, 5.74) is -0.357. The third kappa shape index (κ3) is 2.05. The van der Waals surface area contributed by atoms with Gasteiger partial charge in [0.2, 0.25) is 0 Å². The van der Waals surface area contributed by atoms with Crippen LogP contribution in [-0.4, -0.2) is 27.2 Å². The molecule has 1 aromatic rings. The molecule has 0 bridgehead atoms. The molecule has 0 aromatic carbocycles. The molecule has 78 valence electrons. The van der Waals surface area contributed by atoms with Crippen LogP contribution in [0.2, 0.25) is 0 Å². The number of aliphatic hydroxyl groups is 1. The van der Waals surface area contributed by atoms with Crippen molar-refractivity contribution >= 4 is 5.82 Å². The van der Waals surface area contributed by atoms with E-state index in [1.165, 1.54) is 12.4 Å². The quantitative estimate of drug-likeness (QED) is 0.756. The Kier molecular flexibility index (Phi) is 2.52. The lowest BCUT2D eigenvalue weighted by Crippen LogP contribution is -2.43. The highest BCUT2D eigenvalue weighted by Crippen LogP contribution is 2.31. The first-order chi connectivity index (χ1) is 7.23. The zero-order valence-corrected chi connectivity index (χ0v) is 8.27. The van der Waals surface area contributed by atoms with Gasteiger partial charge in [0.25, 0.3) is 0 Å². The zero-order valence-electron chi connectivity index (χ0n) is 8.27. The lowest BCUT2D eigenvalue weighted by molar-refractivity contribution is -0.0202. The summed E-state index contributed by atoms with van der Waals surface area (Å²) in [4.78, 5) is 7.88. The second kappa shape index (κ2) is 3.83. The van der Waals surface area contributed by atoms with E-state index >= 15 is 0 Å². The van der Waals surface area contributed by atoms with Gasteiger partial charge < -0.3 is 10.4 Å². The molecule has 0 aliphatic heterocycles. The van der Waals surface area contributed by atoms with Crippen molar-refractivity contribution < 1.29 is 5.11 Å². The van der Waals surface area contributed by atoms with Crippen LogP contribution in [0.5, 0.6) is 0 Å². The molecule has 1 aliphatic carbocycles. The first kappa shape index (κ1) is 9.87. The zero-order chi connectivity index (χ0) is 10.7. The third-order valence-corrected chi connectivity index (χ3v) is 2.67. The second-order valence-electron chi connectivity index (χ2n) is 3.80. The van der Waals surface area contributed by atoms with Crippen LogP contribution in [0.4, 0.5) is 5.82 Å². The van der Waals surface area contributed by atoms with Crippen molar-refractivity contribution in [1.82, 2.24) is 9.97 Å². The van der Waals surface area contributed by atoms with E-state index in [2.05, 4.69) is 15.3 Å². The van der Waals surface area contributed by atoms with E-state index < -0.39 is 5.60 Å². The lowest BCUT2D eigenvalue weighted by atomic mass is 9.80. The Bertz CT molecular complexity index is 395. The van der Waals surface area contributed by atoms with Crippen LogP contribution in [0.15, 0.2) is 12.4 Å². The second-order valence-corrected chi connectivity index (χ2v) is 3.80. The molecule has 1 aromatic heterocycles. The molecule has 1 heterocycles. The molecule has 15 heavy (non-hydrogen) atoms. The van der Waals surface area contributed by atoms with E-state index in [0.717, 1.165) is 19.3 Å². The molecule has 0 radical (unpaired) electrons. The molecule has 0 atom stereocenters. The van der Waals surface area contributed by atoms with Crippen LogP contribution in [0.25, 0.3) is 0 Å². The summed E-state index contributed by atoms with van der Waals surface area (Å²) in [6, 6.07) is 1.95. The van der Waals surface area contributed by atoms with Crippen molar-refractivity contribution in [3.63, 3.8) is 0 Å². The molecule has 5 nitrogen and oxygen atoms in total. The molecule has 0 unspecified atom stereocenters. The molecule has 1 fully saturated rings. The molecule has 0 amide bonds. The number of nitriles is 1. The topological polar surface area (TPSA) is 81.8 Å². The van der Waals surface area contributed by atoms with Gasteiger partial charge in [-0.3, -0.25) is 0 Å². The predicted molar refractivity (Wildman–Crippen MR) is 54.0 cm³/mol. The van der Waals surface area contributed by atoms with Crippen molar-refractivity contribution in [2.45, 2.75) is 24.9 Å². The SMILES string of the molecule is N#Cc1nccnc1NCC1(O)CCC1. The fraction of sp³-hybridized carbons (Fsp3) is 0.500. The molecule has 2 N–H and O–H groups in total. The normalized spacial score (nSPS) is 17.6. The molecular weight excluding hydrogens is 192 g/mol. The van der Waals surface area contributed by atoms with Gasteiger partial charge in [0.05, 0.1) is 5.60 Å². The van der Waals surface area contributed by atoms with E-state index in [9.17, 15) is 5.11 Å². The van der Waals surface area contributed by atoms with Crippen molar-refractivity contribution in [3.8, 4) is 6.07 Å². The fourth-order valence-electron chi connectivity index (χ4n) is 1.56. The summed E-state index contributed by atoms with van der Waals surface area (Å²) in [7, 11) is 0. The van der Waals surface area contributed by atoms with E-state index in [1.807, 2.05) is 6.07 Å². The number of nitrogens with zero attached hydrogens (tertiary/aromatic N) is 3. The summed E-state index contributed by atoms with van der Waals surface area (Å²) in [6.07, 6.45) is 5.67. The summed E-state index contributed by atoms with van der Waals surface area (Å²) in [5.74, 6) is 0.445. The van der Waals surface area contributed by atoms with Crippen LogP contribution in [0, 0.1) is 11.3 Å². The van der Waals surface area contributed by atoms with Crippen LogP contribution >= 0.6 is 0 Å². The number of hydrogen-bond acceptors (Lipinski definition) is 5. The van der Waals surface area contributed by atoms with Gasteiger partial charge in [0, 0.05) is 18.9 Å². The van der Waals surface area contributed by atoms with Gasteiger partial charge in [-0.05, 0) is 19.3 Å². The summed E-state index contributed by atoms with van der Waals surface area (Å²) >= 11 is 0. The van der Waals surface area contributed by atoms with Crippen molar-refractivity contribution in [1.29, 1.82) is 5.26 Å². The molecule has 5 heteroatoms. The van der Waals surface area contributed by atoms with E-state index in [4.69, 9.17) is 5.26 Å². The van der Waals surface area contributed by atoms with Gasteiger partial charge in [-0.2, -0.15) is 5.26 Å². The van der Waals surface area contributed by atoms with Crippen LogP contribution in [0.1, 0.15) is 25.0 Å². The van der Waals surface area contributed by atoms with Crippen LogP contribution < -0.4 is 5.32 Å². The molecule has 1 saturated carbocycles. The van der Waals surface area contributed by atoms with Gasteiger partial charge in [-0.15, -0.1) is 0 Å². The Morgan fingerprint density at radius 2 is 2.20 bits per heavy atom. The Morgan fingerprint density at radius 3 is 2.80 bits per heavy atom. The molecule has 2 rings (SSSR count). The molecule has 0 saturated heterocycles. The van der Waals surface area contributed by atoms with Crippen molar-refractivity contribution in [2.24, 2.45) is 0 Å². The van der Waals surface area contributed by atoms with Crippen molar-refractivity contribution in [3.05, 3.63) is 18.1 Å². The summed E-state index contributed by atoms with van der Waals surface area (Å²) in [5, 5.41) is 21.6. The van der Waals surface area contributed by atoms with Crippen LogP contribution in [0.3, 0.4) is 0 Å². The van der Waals surface area contributed by atoms with E-state index in [0.29, 0.717) is 12.4 Å². The van der Waals surface area contributed by atoms with Gasteiger partial charge >= 0.3 is 0 Å². The molecular formula is C10H12N4O. The third-order valence-electron chi connectivity index (χ3n) is 2.67. The smallest absolute Gasteiger partial charge is 0.182 e. The minimum atomic E-state index is -0.621. The average molecular weight is 204 g/mol. The highest BCUT2D eigenvalue weighted by molar-refractivity contribution is 5.46. The maximum absolute atomic E-state index is 9.84. The first-order valence-corrected chi connectivity index (χ1v) is 4.91. The Morgan fingerprint density at radius 1 is 1.47 bits per heavy atom. The maximum atomic E-state index is 9.84. The number of hydrogen-bond donors (Lipinski definition) is 2. The summed E-state index contributed by atoms with van der Waals surface area (Å²) < 4.78 is 0. The van der Waals surface area contributed by atoms with Gasteiger partial charge in [-0.25, -0.2) is 9.97 Å². The predicted octanol–water partition coefficient (Wildman–Crippen LogP) is 0.675. The number of nitrogens with one attached hydrogen (secondary N) is 1. The maximum Gasteiger partial charge on any atom is 0.182 e. The Hall–Kier alpha value is -1.67. The van der Waals surface area contributed by atoms with Gasteiger partial charge in [-0.1, -0.05) is 0 Å². The molecule has 1 aliphatic rings. The van der Waals surface area contributed by atoms with E-state index in [-0.39, 0.29) is 5.69 Å². The fourth-order valence-corrected chi connectivity index (χ4v) is 1.56. The molecule has 0 spiro atoms. The van der Waals surface area contributed by atoms with Crippen LogP contribution in [-0.2, 0) is 0 Å².